The van der Waals surface area contributed by atoms with E-state index in [1.165, 1.54) is 6.33 Å². The number of anilines is 1. The van der Waals surface area contributed by atoms with Gasteiger partial charge in [0.25, 0.3) is 5.91 Å². The van der Waals surface area contributed by atoms with E-state index >= 15 is 0 Å². The van der Waals surface area contributed by atoms with Crippen LogP contribution in [0, 0.1) is 0 Å². The molecule has 1 atom stereocenters. The summed E-state index contributed by atoms with van der Waals surface area (Å²) in [6.45, 7) is 1.43. The van der Waals surface area contributed by atoms with E-state index in [9.17, 15) is 4.79 Å². The average molecular weight is 376 g/mol. The molecule has 3 heterocycles. The molecule has 1 fully saturated rings. The Morgan fingerprint density at radius 2 is 2.04 bits per heavy atom. The number of nitrogens with two attached hydrogens (primary N) is 1. The second-order valence-corrected chi connectivity index (χ2v) is 7.51. The molecule has 2 aromatic heterocycles. The van der Waals surface area contributed by atoms with Crippen LogP contribution in [-0.4, -0.2) is 54.1 Å². The number of likely N-dealkylation sites (tertiary alicyclic amines) is 1. The largest absolute Gasteiger partial charge is 0.368 e. The molecule has 1 aliphatic carbocycles. The molecule has 142 valence electrons. The molecule has 2 N–H and O–H groups in total. The number of carbonyl (C=O) groups is 1. The van der Waals surface area contributed by atoms with E-state index < -0.39 is 0 Å². The number of benzene rings is 1. The summed E-state index contributed by atoms with van der Waals surface area (Å²) in [4.78, 5) is 23.8. The van der Waals surface area contributed by atoms with Crippen molar-refractivity contribution in [1.82, 2.24) is 35.1 Å². The molecule has 9 nitrogen and oxygen atoms in total. The van der Waals surface area contributed by atoms with Crippen LogP contribution in [0.5, 0.6) is 0 Å². The fourth-order valence-corrected chi connectivity index (χ4v) is 4.48. The van der Waals surface area contributed by atoms with Gasteiger partial charge in [0, 0.05) is 30.3 Å². The van der Waals surface area contributed by atoms with Crippen molar-refractivity contribution >= 4 is 11.9 Å². The third-order valence-corrected chi connectivity index (χ3v) is 5.85. The Labute approximate surface area is 161 Å². The Kier molecular flexibility index (Phi) is 3.81. The SMILES string of the molecule is Nc1ncc2c(n1)C1(CCCN(C(=O)c3ccc(-n4cnnn4)cc3)C1)CC2. The van der Waals surface area contributed by atoms with Gasteiger partial charge in [0.15, 0.2) is 0 Å². The fourth-order valence-electron chi connectivity index (χ4n) is 4.48. The predicted octanol–water partition coefficient (Wildman–Crippen LogP) is 1.15. The number of nitrogens with zero attached hydrogens (tertiary/aromatic N) is 7. The quantitative estimate of drug-likeness (QED) is 0.713. The van der Waals surface area contributed by atoms with Gasteiger partial charge in [-0.15, -0.1) is 5.10 Å². The lowest BCUT2D eigenvalue weighted by atomic mass is 9.77. The Balaban J connectivity index is 1.39. The van der Waals surface area contributed by atoms with Gasteiger partial charge in [0.1, 0.15) is 6.33 Å². The van der Waals surface area contributed by atoms with Crippen molar-refractivity contribution in [2.75, 3.05) is 18.8 Å². The standard InChI is InChI=1S/C19H20N8O/c20-18-21-10-14-6-8-19(16(14)23-18)7-1-9-26(11-19)17(28)13-2-4-15(5-3-13)27-12-22-24-25-27/h2-5,10,12H,1,6-9,11H2,(H2,20,21,23). The number of fused-ring (bicyclic) bond motifs is 2. The Bertz CT molecular complexity index is 1010. The first kappa shape index (κ1) is 16.8. The summed E-state index contributed by atoms with van der Waals surface area (Å²) in [5.41, 5.74) is 9.41. The van der Waals surface area contributed by atoms with Gasteiger partial charge in [-0.05, 0) is 65.9 Å². The summed E-state index contributed by atoms with van der Waals surface area (Å²) in [5.74, 6) is 0.347. The molecule has 1 spiro atoms. The molecule has 9 heteroatoms. The maximum Gasteiger partial charge on any atom is 0.253 e. The number of nitrogen functional groups attached to an aromatic ring is 1. The van der Waals surface area contributed by atoms with E-state index in [-0.39, 0.29) is 11.3 Å². The molecular weight excluding hydrogens is 356 g/mol. The lowest BCUT2D eigenvalue weighted by Gasteiger charge is -2.40. The van der Waals surface area contributed by atoms with Gasteiger partial charge in [-0.25, -0.2) is 14.6 Å². The highest BCUT2D eigenvalue weighted by molar-refractivity contribution is 5.94. The molecular formula is C19H20N8O. The van der Waals surface area contributed by atoms with Crippen LogP contribution in [0.25, 0.3) is 5.69 Å². The molecule has 5 rings (SSSR count). The van der Waals surface area contributed by atoms with Crippen LogP contribution in [0.4, 0.5) is 5.95 Å². The summed E-state index contributed by atoms with van der Waals surface area (Å²) >= 11 is 0. The predicted molar refractivity (Wildman–Crippen MR) is 101 cm³/mol. The molecule has 2 aliphatic rings. The first-order valence-corrected chi connectivity index (χ1v) is 9.39. The van der Waals surface area contributed by atoms with Crippen LogP contribution < -0.4 is 5.73 Å². The van der Waals surface area contributed by atoms with Gasteiger partial charge in [0.2, 0.25) is 5.95 Å². The number of aromatic nitrogens is 6. The zero-order chi connectivity index (χ0) is 19.1. The Morgan fingerprint density at radius 3 is 2.82 bits per heavy atom. The van der Waals surface area contributed by atoms with Crippen molar-refractivity contribution in [2.24, 2.45) is 0 Å². The van der Waals surface area contributed by atoms with Gasteiger partial charge < -0.3 is 10.6 Å². The second kappa shape index (κ2) is 6.36. The minimum Gasteiger partial charge on any atom is -0.368 e. The van der Waals surface area contributed by atoms with Crippen LogP contribution in [0.15, 0.2) is 36.8 Å². The minimum atomic E-state index is -0.105. The van der Waals surface area contributed by atoms with Crippen molar-refractivity contribution < 1.29 is 4.79 Å². The Hall–Kier alpha value is -3.36. The van der Waals surface area contributed by atoms with E-state index in [2.05, 4.69) is 25.5 Å². The molecule has 1 unspecified atom stereocenters. The lowest BCUT2D eigenvalue weighted by Crippen LogP contribution is -2.48. The van der Waals surface area contributed by atoms with Gasteiger partial charge in [-0.1, -0.05) is 0 Å². The average Bonchev–Trinajstić information content (AvgIpc) is 3.37. The van der Waals surface area contributed by atoms with Crippen molar-refractivity contribution in [2.45, 2.75) is 31.1 Å². The Morgan fingerprint density at radius 1 is 1.18 bits per heavy atom. The highest BCUT2D eigenvalue weighted by Crippen LogP contribution is 2.44. The number of hydrogen-bond donors (Lipinski definition) is 1. The van der Waals surface area contributed by atoms with Gasteiger partial charge in [-0.3, -0.25) is 4.79 Å². The smallest absolute Gasteiger partial charge is 0.253 e. The normalized spacial score (nSPS) is 21.1. The minimum absolute atomic E-state index is 0.0396. The first-order valence-electron chi connectivity index (χ1n) is 9.39. The molecule has 0 bridgehead atoms. The fraction of sp³-hybridized carbons (Fsp3) is 0.368. The van der Waals surface area contributed by atoms with E-state index in [0.717, 1.165) is 49.2 Å². The molecule has 0 saturated carbocycles. The van der Waals surface area contributed by atoms with E-state index in [0.29, 0.717) is 18.1 Å². The van der Waals surface area contributed by atoms with Crippen molar-refractivity contribution in [3.8, 4) is 5.69 Å². The van der Waals surface area contributed by atoms with Crippen LogP contribution in [-0.2, 0) is 11.8 Å². The highest BCUT2D eigenvalue weighted by Gasteiger charge is 2.44. The zero-order valence-corrected chi connectivity index (χ0v) is 15.3. The number of aryl methyl sites for hydroxylation is 1. The molecule has 1 aliphatic heterocycles. The third-order valence-electron chi connectivity index (χ3n) is 5.85. The van der Waals surface area contributed by atoms with Gasteiger partial charge in [-0.2, -0.15) is 0 Å². The maximum atomic E-state index is 13.1. The number of rotatable bonds is 2. The van der Waals surface area contributed by atoms with E-state index in [1.54, 1.807) is 4.68 Å². The van der Waals surface area contributed by atoms with Gasteiger partial charge >= 0.3 is 0 Å². The van der Waals surface area contributed by atoms with Crippen molar-refractivity contribution in [1.29, 1.82) is 0 Å². The number of amides is 1. The number of carbonyl (C=O) groups excluding carboxylic acids is 1. The summed E-state index contributed by atoms with van der Waals surface area (Å²) < 4.78 is 1.56. The molecule has 1 amide bonds. The maximum absolute atomic E-state index is 13.1. The monoisotopic (exact) mass is 376 g/mol. The molecule has 3 aromatic rings. The second-order valence-electron chi connectivity index (χ2n) is 7.51. The van der Waals surface area contributed by atoms with E-state index in [1.807, 2.05) is 35.4 Å². The number of tetrazole rings is 1. The number of piperidine rings is 1. The van der Waals surface area contributed by atoms with Crippen LogP contribution in [0.3, 0.4) is 0 Å². The zero-order valence-electron chi connectivity index (χ0n) is 15.3. The summed E-state index contributed by atoms with van der Waals surface area (Å²) in [6, 6.07) is 7.34. The van der Waals surface area contributed by atoms with Crippen molar-refractivity contribution in [3.63, 3.8) is 0 Å². The lowest BCUT2D eigenvalue weighted by molar-refractivity contribution is 0.0633. The topological polar surface area (TPSA) is 116 Å². The number of hydrogen-bond acceptors (Lipinski definition) is 7. The summed E-state index contributed by atoms with van der Waals surface area (Å²) in [6.07, 6.45) is 7.28. The molecule has 0 radical (unpaired) electrons. The van der Waals surface area contributed by atoms with E-state index in [4.69, 9.17) is 5.73 Å². The molecule has 28 heavy (non-hydrogen) atoms. The molecule has 1 aromatic carbocycles. The summed E-state index contributed by atoms with van der Waals surface area (Å²) in [5, 5.41) is 11.1. The van der Waals surface area contributed by atoms with Gasteiger partial charge in [0.05, 0.1) is 11.4 Å². The van der Waals surface area contributed by atoms with Crippen LogP contribution in [0.2, 0.25) is 0 Å². The van der Waals surface area contributed by atoms with Crippen LogP contribution in [0.1, 0.15) is 40.9 Å². The van der Waals surface area contributed by atoms with Crippen molar-refractivity contribution in [3.05, 3.63) is 53.6 Å². The highest BCUT2D eigenvalue weighted by atomic mass is 16.2. The van der Waals surface area contributed by atoms with Crippen LogP contribution >= 0.6 is 0 Å². The summed E-state index contributed by atoms with van der Waals surface area (Å²) in [7, 11) is 0. The third kappa shape index (κ3) is 2.70. The first-order chi connectivity index (χ1) is 13.6. The molecule has 1 saturated heterocycles.